The van der Waals surface area contributed by atoms with Gasteiger partial charge in [0.25, 0.3) is 5.91 Å². The molecule has 1 aromatic carbocycles. The fourth-order valence-electron chi connectivity index (χ4n) is 1.81. The number of hydroxylamine groups is 1. The van der Waals surface area contributed by atoms with Gasteiger partial charge in [-0.25, -0.2) is 10.5 Å². The van der Waals surface area contributed by atoms with Crippen molar-refractivity contribution in [1.82, 2.24) is 10.5 Å². The van der Waals surface area contributed by atoms with Crippen LogP contribution >= 0.6 is 0 Å². The number of carbonyl (C=O) groups excluding carboxylic acids is 1. The van der Waals surface area contributed by atoms with E-state index in [1.165, 1.54) is 0 Å². The van der Waals surface area contributed by atoms with Gasteiger partial charge in [-0.2, -0.15) is 0 Å². The SMILES string of the molecule is O=C1NOCc2nc(-c3ccccc3)ccc21. The molecule has 1 N–H and O–H groups in total. The van der Waals surface area contributed by atoms with Crippen molar-refractivity contribution in [2.24, 2.45) is 0 Å². The summed E-state index contributed by atoms with van der Waals surface area (Å²) in [6.45, 7) is 0.307. The lowest BCUT2D eigenvalue weighted by atomic mass is 10.1. The summed E-state index contributed by atoms with van der Waals surface area (Å²) in [4.78, 5) is 20.8. The Hall–Kier alpha value is -2.20. The van der Waals surface area contributed by atoms with Crippen molar-refractivity contribution in [3.8, 4) is 11.3 Å². The highest BCUT2D eigenvalue weighted by atomic mass is 16.7. The van der Waals surface area contributed by atoms with Crippen LogP contribution < -0.4 is 5.48 Å². The summed E-state index contributed by atoms with van der Waals surface area (Å²) in [5, 5.41) is 0. The molecule has 1 amide bonds. The number of nitrogens with one attached hydrogen (secondary N) is 1. The van der Waals surface area contributed by atoms with Gasteiger partial charge in [-0.3, -0.25) is 9.63 Å². The van der Waals surface area contributed by atoms with Crippen LogP contribution in [0.2, 0.25) is 0 Å². The first-order chi connectivity index (χ1) is 8.34. The summed E-state index contributed by atoms with van der Waals surface area (Å²) in [5.74, 6) is -0.238. The minimum Gasteiger partial charge on any atom is -0.267 e. The number of carbonyl (C=O) groups is 1. The van der Waals surface area contributed by atoms with Crippen molar-refractivity contribution in [1.29, 1.82) is 0 Å². The Balaban J connectivity index is 2.07. The van der Waals surface area contributed by atoms with Crippen molar-refractivity contribution in [3.05, 3.63) is 53.7 Å². The molecule has 0 spiro atoms. The minimum atomic E-state index is -0.238. The molecule has 4 heteroatoms. The van der Waals surface area contributed by atoms with E-state index in [1.807, 2.05) is 36.4 Å². The molecular formula is C13H10N2O2. The maximum Gasteiger partial charge on any atom is 0.276 e. The molecule has 0 fully saturated rings. The third-order valence-corrected chi connectivity index (χ3v) is 2.66. The minimum absolute atomic E-state index is 0.238. The molecule has 0 saturated heterocycles. The maximum atomic E-state index is 11.5. The van der Waals surface area contributed by atoms with Gasteiger partial charge < -0.3 is 0 Å². The van der Waals surface area contributed by atoms with Gasteiger partial charge in [-0.05, 0) is 12.1 Å². The van der Waals surface area contributed by atoms with Crippen molar-refractivity contribution >= 4 is 5.91 Å². The molecule has 0 bridgehead atoms. The first-order valence-corrected chi connectivity index (χ1v) is 5.32. The lowest BCUT2D eigenvalue weighted by Crippen LogP contribution is -2.30. The molecular weight excluding hydrogens is 216 g/mol. The molecule has 17 heavy (non-hydrogen) atoms. The van der Waals surface area contributed by atoms with Gasteiger partial charge in [-0.1, -0.05) is 30.3 Å². The topological polar surface area (TPSA) is 51.2 Å². The van der Waals surface area contributed by atoms with Crippen molar-refractivity contribution in [2.75, 3.05) is 0 Å². The lowest BCUT2D eigenvalue weighted by molar-refractivity contribution is 0.0139. The summed E-state index contributed by atoms with van der Waals surface area (Å²) < 4.78 is 0. The van der Waals surface area contributed by atoms with E-state index in [4.69, 9.17) is 4.84 Å². The molecule has 2 heterocycles. The average Bonchev–Trinajstić information content (AvgIpc) is 2.40. The van der Waals surface area contributed by atoms with E-state index in [2.05, 4.69) is 10.5 Å². The number of rotatable bonds is 1. The molecule has 1 aliphatic rings. The summed E-state index contributed by atoms with van der Waals surface area (Å²) in [6, 6.07) is 13.5. The number of hydrogen-bond donors (Lipinski definition) is 1. The molecule has 0 aliphatic carbocycles. The quantitative estimate of drug-likeness (QED) is 0.808. The highest BCUT2D eigenvalue weighted by Gasteiger charge is 2.18. The fraction of sp³-hybridized carbons (Fsp3) is 0.0769. The van der Waals surface area contributed by atoms with Crippen molar-refractivity contribution in [2.45, 2.75) is 6.61 Å². The Morgan fingerprint density at radius 2 is 1.94 bits per heavy atom. The number of amides is 1. The van der Waals surface area contributed by atoms with Gasteiger partial charge in [0.15, 0.2) is 0 Å². The smallest absolute Gasteiger partial charge is 0.267 e. The molecule has 4 nitrogen and oxygen atoms in total. The molecule has 0 saturated carbocycles. The average molecular weight is 226 g/mol. The summed E-state index contributed by atoms with van der Waals surface area (Å²) in [6.07, 6.45) is 0. The molecule has 1 aromatic heterocycles. The van der Waals surface area contributed by atoms with Gasteiger partial charge in [0, 0.05) is 5.56 Å². The van der Waals surface area contributed by atoms with Crippen LogP contribution in [0.3, 0.4) is 0 Å². The monoisotopic (exact) mass is 226 g/mol. The third kappa shape index (κ3) is 1.79. The van der Waals surface area contributed by atoms with Crippen molar-refractivity contribution in [3.63, 3.8) is 0 Å². The number of benzene rings is 1. The van der Waals surface area contributed by atoms with Crippen LogP contribution in [0.4, 0.5) is 0 Å². The van der Waals surface area contributed by atoms with E-state index >= 15 is 0 Å². The molecule has 0 unspecified atom stereocenters. The molecule has 84 valence electrons. The first kappa shape index (κ1) is 9.99. The van der Waals surface area contributed by atoms with Crippen molar-refractivity contribution < 1.29 is 9.63 Å². The zero-order valence-electron chi connectivity index (χ0n) is 9.01. The van der Waals surface area contributed by atoms with E-state index in [9.17, 15) is 4.79 Å². The van der Waals surface area contributed by atoms with Crippen LogP contribution in [0.5, 0.6) is 0 Å². The largest absolute Gasteiger partial charge is 0.276 e. The summed E-state index contributed by atoms with van der Waals surface area (Å²) >= 11 is 0. The van der Waals surface area contributed by atoms with E-state index in [0.717, 1.165) is 11.3 Å². The molecule has 1 aliphatic heterocycles. The summed E-state index contributed by atoms with van der Waals surface area (Å²) in [5.41, 5.74) is 5.45. The van der Waals surface area contributed by atoms with Crippen LogP contribution in [-0.2, 0) is 11.4 Å². The molecule has 3 rings (SSSR count). The van der Waals surface area contributed by atoms with Gasteiger partial charge in [0.2, 0.25) is 0 Å². The van der Waals surface area contributed by atoms with E-state index in [-0.39, 0.29) is 5.91 Å². The number of pyridine rings is 1. The van der Waals surface area contributed by atoms with Crippen LogP contribution in [0.25, 0.3) is 11.3 Å². The lowest BCUT2D eigenvalue weighted by Gasteiger charge is -2.15. The van der Waals surface area contributed by atoms with Gasteiger partial charge in [0.1, 0.15) is 6.61 Å². The Labute approximate surface area is 98.2 Å². The van der Waals surface area contributed by atoms with E-state index in [0.29, 0.717) is 17.9 Å². The maximum absolute atomic E-state index is 11.5. The Morgan fingerprint density at radius 3 is 2.76 bits per heavy atom. The van der Waals surface area contributed by atoms with E-state index < -0.39 is 0 Å². The third-order valence-electron chi connectivity index (χ3n) is 2.66. The number of hydrogen-bond acceptors (Lipinski definition) is 3. The zero-order valence-corrected chi connectivity index (χ0v) is 9.01. The Morgan fingerprint density at radius 1 is 1.12 bits per heavy atom. The number of aromatic nitrogens is 1. The Kier molecular flexibility index (Phi) is 2.34. The second-order valence-corrected chi connectivity index (χ2v) is 3.78. The Bertz CT molecular complexity index is 567. The normalized spacial score (nSPS) is 14.0. The highest BCUT2D eigenvalue weighted by molar-refractivity contribution is 5.95. The van der Waals surface area contributed by atoms with Crippen LogP contribution in [-0.4, -0.2) is 10.9 Å². The predicted octanol–water partition coefficient (Wildman–Crippen LogP) is 1.92. The molecule has 0 radical (unpaired) electrons. The van der Waals surface area contributed by atoms with E-state index in [1.54, 1.807) is 6.07 Å². The number of nitrogens with zero attached hydrogens (tertiary/aromatic N) is 1. The van der Waals surface area contributed by atoms with Gasteiger partial charge in [-0.15, -0.1) is 0 Å². The standard InChI is InChI=1S/C13H10N2O2/c16-13-10-6-7-11(9-4-2-1-3-5-9)14-12(10)8-17-15-13/h1-7H,8H2,(H,15,16). The fourth-order valence-corrected chi connectivity index (χ4v) is 1.81. The van der Waals surface area contributed by atoms with Gasteiger partial charge in [0.05, 0.1) is 17.0 Å². The predicted molar refractivity (Wildman–Crippen MR) is 61.9 cm³/mol. The van der Waals surface area contributed by atoms with Crippen LogP contribution in [0.1, 0.15) is 16.1 Å². The second-order valence-electron chi connectivity index (χ2n) is 3.78. The first-order valence-electron chi connectivity index (χ1n) is 5.32. The number of fused-ring (bicyclic) bond motifs is 1. The van der Waals surface area contributed by atoms with Crippen LogP contribution in [0, 0.1) is 0 Å². The highest BCUT2D eigenvalue weighted by Crippen LogP contribution is 2.20. The van der Waals surface area contributed by atoms with Crippen LogP contribution in [0.15, 0.2) is 42.5 Å². The second kappa shape index (κ2) is 3.99. The summed E-state index contributed by atoms with van der Waals surface area (Å²) in [7, 11) is 0. The van der Waals surface area contributed by atoms with Gasteiger partial charge >= 0.3 is 0 Å². The molecule has 0 atom stereocenters. The molecule has 2 aromatic rings. The zero-order chi connectivity index (χ0) is 11.7.